The molecule has 0 saturated heterocycles. The average Bonchev–Trinajstić information content (AvgIpc) is 2.61. The summed E-state index contributed by atoms with van der Waals surface area (Å²) in [7, 11) is 3.34. The zero-order chi connectivity index (χ0) is 16.2. The van der Waals surface area contributed by atoms with Crippen LogP contribution in [0.4, 0.5) is 0 Å². The van der Waals surface area contributed by atoms with Crippen molar-refractivity contribution in [3.63, 3.8) is 0 Å². The predicted octanol–water partition coefficient (Wildman–Crippen LogP) is 4.17. The molecular weight excluding hydrogens is 292 g/mol. The Bertz CT molecular complexity index is 681. The fourth-order valence-corrected chi connectivity index (χ4v) is 2.89. The lowest BCUT2D eigenvalue weighted by molar-refractivity contribution is 0.175. The minimum atomic E-state index is 0.0282. The van der Waals surface area contributed by atoms with E-state index < -0.39 is 0 Å². The average molecular weight is 314 g/mol. The molecule has 0 fully saturated rings. The van der Waals surface area contributed by atoms with Crippen molar-refractivity contribution in [3.05, 3.63) is 47.5 Å². The number of ether oxygens (including phenoxy) is 4. The predicted molar refractivity (Wildman–Crippen MR) is 88.8 cm³/mol. The molecule has 0 spiro atoms. The smallest absolute Gasteiger partial charge is 0.161 e. The lowest BCUT2D eigenvalue weighted by Gasteiger charge is -2.27. The molecule has 1 heterocycles. The third-order valence-electron chi connectivity index (χ3n) is 4.07. The molecular formula is C19H22O4. The molecule has 2 aromatic carbocycles. The van der Waals surface area contributed by atoms with Gasteiger partial charge in [-0.2, -0.15) is 0 Å². The van der Waals surface area contributed by atoms with Gasteiger partial charge in [-0.15, -0.1) is 0 Å². The lowest BCUT2D eigenvalue weighted by Crippen LogP contribution is -2.15. The molecule has 0 saturated carbocycles. The van der Waals surface area contributed by atoms with Crippen LogP contribution in [-0.4, -0.2) is 20.8 Å². The van der Waals surface area contributed by atoms with Gasteiger partial charge in [0.05, 0.1) is 20.8 Å². The van der Waals surface area contributed by atoms with Gasteiger partial charge in [0.2, 0.25) is 0 Å². The fourth-order valence-electron chi connectivity index (χ4n) is 2.89. The van der Waals surface area contributed by atoms with Crippen LogP contribution in [0, 0.1) is 0 Å². The van der Waals surface area contributed by atoms with Gasteiger partial charge in [-0.3, -0.25) is 0 Å². The number of hydrogen-bond acceptors (Lipinski definition) is 4. The molecule has 4 heteroatoms. The molecule has 0 bridgehead atoms. The maximum absolute atomic E-state index is 6.16. The molecule has 0 radical (unpaired) electrons. The van der Waals surface area contributed by atoms with Gasteiger partial charge in [0.1, 0.15) is 17.6 Å². The first-order valence-corrected chi connectivity index (χ1v) is 7.89. The van der Waals surface area contributed by atoms with E-state index in [1.54, 1.807) is 14.2 Å². The van der Waals surface area contributed by atoms with E-state index in [9.17, 15) is 0 Å². The van der Waals surface area contributed by atoms with Crippen LogP contribution in [0.3, 0.4) is 0 Å². The Labute approximate surface area is 136 Å². The number of fused-ring (bicyclic) bond motifs is 1. The lowest BCUT2D eigenvalue weighted by atomic mass is 9.97. The molecule has 4 nitrogen and oxygen atoms in total. The molecule has 0 N–H and O–H groups in total. The Morgan fingerprint density at radius 2 is 1.91 bits per heavy atom. The Morgan fingerprint density at radius 1 is 1.04 bits per heavy atom. The molecule has 0 aliphatic carbocycles. The first-order chi connectivity index (χ1) is 11.2. The summed E-state index contributed by atoms with van der Waals surface area (Å²) in [5, 5.41) is 0. The normalized spacial score (nSPS) is 16.2. The van der Waals surface area contributed by atoms with E-state index in [1.165, 1.54) is 5.56 Å². The van der Waals surface area contributed by atoms with Gasteiger partial charge in [-0.1, -0.05) is 6.07 Å². The molecule has 1 aliphatic rings. The second-order valence-electron chi connectivity index (χ2n) is 5.46. The molecule has 0 amide bonds. The van der Waals surface area contributed by atoms with Crippen LogP contribution in [0.1, 0.15) is 30.6 Å². The zero-order valence-electron chi connectivity index (χ0n) is 13.8. The molecule has 1 aliphatic heterocycles. The van der Waals surface area contributed by atoms with E-state index in [0.29, 0.717) is 6.61 Å². The summed E-state index contributed by atoms with van der Waals surface area (Å²) in [5.74, 6) is 3.30. The SMILES string of the molecule is CCOc1ccc(C2CCc3cc(OC)ccc3O2)cc1OC. The number of methoxy groups -OCH3 is 2. The highest BCUT2D eigenvalue weighted by molar-refractivity contribution is 5.46. The fraction of sp³-hybridized carbons (Fsp3) is 0.368. The highest BCUT2D eigenvalue weighted by Crippen LogP contribution is 2.39. The van der Waals surface area contributed by atoms with Crippen LogP contribution >= 0.6 is 0 Å². The van der Waals surface area contributed by atoms with Crippen molar-refractivity contribution in [2.75, 3.05) is 20.8 Å². The van der Waals surface area contributed by atoms with Crippen LogP contribution in [0.5, 0.6) is 23.0 Å². The van der Waals surface area contributed by atoms with Crippen molar-refractivity contribution in [2.24, 2.45) is 0 Å². The number of hydrogen-bond donors (Lipinski definition) is 0. The highest BCUT2D eigenvalue weighted by Gasteiger charge is 2.23. The maximum Gasteiger partial charge on any atom is 0.161 e. The van der Waals surface area contributed by atoms with Crippen LogP contribution in [-0.2, 0) is 6.42 Å². The third-order valence-corrected chi connectivity index (χ3v) is 4.07. The van der Waals surface area contributed by atoms with Crippen molar-refractivity contribution >= 4 is 0 Å². The first-order valence-electron chi connectivity index (χ1n) is 7.89. The van der Waals surface area contributed by atoms with Gasteiger partial charge in [0.15, 0.2) is 11.5 Å². The highest BCUT2D eigenvalue weighted by atomic mass is 16.5. The van der Waals surface area contributed by atoms with Crippen LogP contribution in [0.15, 0.2) is 36.4 Å². The minimum Gasteiger partial charge on any atom is -0.497 e. The Balaban J connectivity index is 1.83. The summed E-state index contributed by atoms with van der Waals surface area (Å²) in [6, 6.07) is 12.0. The second-order valence-corrected chi connectivity index (χ2v) is 5.46. The van der Waals surface area contributed by atoms with Gasteiger partial charge in [0, 0.05) is 0 Å². The van der Waals surface area contributed by atoms with Gasteiger partial charge in [-0.05, 0) is 61.2 Å². The van der Waals surface area contributed by atoms with E-state index in [1.807, 2.05) is 43.3 Å². The van der Waals surface area contributed by atoms with Gasteiger partial charge < -0.3 is 18.9 Å². The first kappa shape index (κ1) is 15.5. The van der Waals surface area contributed by atoms with E-state index in [2.05, 4.69) is 0 Å². The largest absolute Gasteiger partial charge is 0.497 e. The van der Waals surface area contributed by atoms with Crippen LogP contribution < -0.4 is 18.9 Å². The van der Waals surface area contributed by atoms with Crippen molar-refractivity contribution in [2.45, 2.75) is 25.9 Å². The van der Waals surface area contributed by atoms with Gasteiger partial charge in [0.25, 0.3) is 0 Å². The second kappa shape index (κ2) is 6.82. The summed E-state index contributed by atoms with van der Waals surface area (Å²) >= 11 is 0. The zero-order valence-corrected chi connectivity index (χ0v) is 13.8. The monoisotopic (exact) mass is 314 g/mol. The van der Waals surface area contributed by atoms with Crippen LogP contribution in [0.2, 0.25) is 0 Å². The summed E-state index contributed by atoms with van der Waals surface area (Å²) in [5.41, 5.74) is 2.30. The summed E-state index contributed by atoms with van der Waals surface area (Å²) in [4.78, 5) is 0. The molecule has 0 aromatic heterocycles. The molecule has 23 heavy (non-hydrogen) atoms. The minimum absolute atomic E-state index is 0.0282. The Hall–Kier alpha value is -2.36. The van der Waals surface area contributed by atoms with E-state index in [4.69, 9.17) is 18.9 Å². The topological polar surface area (TPSA) is 36.9 Å². The number of benzene rings is 2. The van der Waals surface area contributed by atoms with Gasteiger partial charge in [-0.25, -0.2) is 0 Å². The van der Waals surface area contributed by atoms with Crippen molar-refractivity contribution in [1.29, 1.82) is 0 Å². The summed E-state index contributed by atoms with van der Waals surface area (Å²) < 4.78 is 22.4. The maximum atomic E-state index is 6.16. The summed E-state index contributed by atoms with van der Waals surface area (Å²) in [6.07, 6.45) is 1.92. The molecule has 2 aromatic rings. The molecule has 122 valence electrons. The standard InChI is InChI=1S/C19H22O4/c1-4-22-18-9-6-14(12-19(18)21-3)16-8-5-13-11-15(20-2)7-10-17(13)23-16/h6-7,9-12,16H,4-5,8H2,1-3H3. The van der Waals surface area contributed by atoms with Crippen molar-refractivity contribution < 1.29 is 18.9 Å². The van der Waals surface area contributed by atoms with E-state index >= 15 is 0 Å². The quantitative estimate of drug-likeness (QED) is 0.830. The van der Waals surface area contributed by atoms with Gasteiger partial charge >= 0.3 is 0 Å². The molecule has 1 atom stereocenters. The number of rotatable bonds is 5. The van der Waals surface area contributed by atoms with E-state index in [-0.39, 0.29) is 6.10 Å². The number of aryl methyl sites for hydroxylation is 1. The Kier molecular flexibility index (Phi) is 4.60. The Morgan fingerprint density at radius 3 is 2.65 bits per heavy atom. The van der Waals surface area contributed by atoms with Crippen molar-refractivity contribution in [3.8, 4) is 23.0 Å². The molecule has 3 rings (SSSR count). The van der Waals surface area contributed by atoms with Crippen LogP contribution in [0.25, 0.3) is 0 Å². The van der Waals surface area contributed by atoms with Crippen molar-refractivity contribution in [1.82, 2.24) is 0 Å². The molecule has 1 unspecified atom stereocenters. The summed E-state index contributed by atoms with van der Waals surface area (Å²) in [6.45, 7) is 2.58. The third kappa shape index (κ3) is 3.21. The van der Waals surface area contributed by atoms with E-state index in [0.717, 1.165) is 41.4 Å².